The van der Waals surface area contributed by atoms with E-state index in [1.165, 1.54) is 19.2 Å². The first-order chi connectivity index (χ1) is 10.7. The van der Waals surface area contributed by atoms with E-state index >= 15 is 0 Å². The van der Waals surface area contributed by atoms with Gasteiger partial charge >= 0.3 is 18.0 Å². The Balaban J connectivity index is 2.56. The zero-order valence-electron chi connectivity index (χ0n) is 13.5. The molecule has 7 heteroatoms. The molecule has 0 bridgehead atoms. The average molecular weight is 320 g/mol. The number of benzene rings is 1. The van der Waals surface area contributed by atoms with Crippen LogP contribution in [0.3, 0.4) is 0 Å². The van der Waals surface area contributed by atoms with Gasteiger partial charge in [0.15, 0.2) is 0 Å². The fourth-order valence-electron chi connectivity index (χ4n) is 1.46. The zero-order chi connectivity index (χ0) is 17.5. The van der Waals surface area contributed by atoms with Gasteiger partial charge in [0.1, 0.15) is 5.75 Å². The first kappa shape index (κ1) is 18.2. The van der Waals surface area contributed by atoms with Crippen molar-refractivity contribution < 1.29 is 23.9 Å². The van der Waals surface area contributed by atoms with Crippen LogP contribution in [-0.4, -0.2) is 30.6 Å². The van der Waals surface area contributed by atoms with Crippen molar-refractivity contribution in [3.63, 3.8) is 0 Å². The van der Waals surface area contributed by atoms with Gasteiger partial charge in [-0.25, -0.2) is 14.4 Å². The molecule has 23 heavy (non-hydrogen) atoms. The van der Waals surface area contributed by atoms with E-state index < -0.39 is 11.9 Å². The topological polar surface area (TPSA) is 93.7 Å². The monoisotopic (exact) mass is 320 g/mol. The van der Waals surface area contributed by atoms with Crippen molar-refractivity contribution in [1.82, 2.24) is 5.32 Å². The summed E-state index contributed by atoms with van der Waals surface area (Å²) < 4.78 is 9.35. The summed E-state index contributed by atoms with van der Waals surface area (Å²) in [5, 5.41) is 5.42. The lowest BCUT2D eigenvalue weighted by molar-refractivity contribution is -0.135. The third-order valence-electron chi connectivity index (χ3n) is 2.38. The minimum atomic E-state index is -0.707. The van der Waals surface area contributed by atoms with Crippen LogP contribution in [0.4, 0.5) is 10.5 Å². The number of hydrogen-bond donors (Lipinski definition) is 2. The minimum Gasteiger partial charge on any atom is -0.466 e. The molecule has 7 nitrogen and oxygen atoms in total. The number of carbonyl (C=O) groups is 3. The number of ether oxygens (including phenoxy) is 2. The smallest absolute Gasteiger partial charge is 0.336 e. The lowest BCUT2D eigenvalue weighted by atomic mass is 10.1. The summed E-state index contributed by atoms with van der Waals surface area (Å²) in [6.07, 6.45) is 1.93. The van der Waals surface area contributed by atoms with Crippen molar-refractivity contribution in [2.24, 2.45) is 0 Å². The molecule has 0 fully saturated rings. The van der Waals surface area contributed by atoms with E-state index in [-0.39, 0.29) is 17.3 Å². The molecular formula is C16H20N2O5. The van der Waals surface area contributed by atoms with Crippen LogP contribution in [0.2, 0.25) is 0 Å². The number of hydrogen-bond acceptors (Lipinski definition) is 5. The first-order valence-corrected chi connectivity index (χ1v) is 6.87. The second kappa shape index (κ2) is 7.98. The van der Waals surface area contributed by atoms with Gasteiger partial charge in [-0.05, 0) is 45.0 Å². The van der Waals surface area contributed by atoms with Gasteiger partial charge in [0.2, 0.25) is 0 Å². The van der Waals surface area contributed by atoms with Crippen LogP contribution >= 0.6 is 0 Å². The summed E-state index contributed by atoms with van der Waals surface area (Å²) in [7, 11) is 1.21. The van der Waals surface area contributed by atoms with Crippen molar-refractivity contribution in [2.45, 2.75) is 26.3 Å². The lowest BCUT2D eigenvalue weighted by Gasteiger charge is -2.20. The molecule has 0 unspecified atom stereocenters. The zero-order valence-corrected chi connectivity index (χ0v) is 13.5. The highest BCUT2D eigenvalue weighted by molar-refractivity contribution is 5.92. The van der Waals surface area contributed by atoms with Gasteiger partial charge in [-0.2, -0.15) is 0 Å². The Morgan fingerprint density at radius 1 is 1.00 bits per heavy atom. The van der Waals surface area contributed by atoms with Crippen molar-refractivity contribution in [3.05, 3.63) is 36.4 Å². The summed E-state index contributed by atoms with van der Waals surface area (Å²) >= 11 is 0. The van der Waals surface area contributed by atoms with E-state index in [1.54, 1.807) is 12.1 Å². The van der Waals surface area contributed by atoms with Gasteiger partial charge in [-0.15, -0.1) is 0 Å². The van der Waals surface area contributed by atoms with Crippen LogP contribution in [0.1, 0.15) is 20.8 Å². The maximum atomic E-state index is 11.7. The van der Waals surface area contributed by atoms with E-state index in [4.69, 9.17) is 4.74 Å². The number of esters is 2. The van der Waals surface area contributed by atoms with Crippen molar-refractivity contribution in [1.29, 1.82) is 0 Å². The van der Waals surface area contributed by atoms with Gasteiger partial charge in [-0.3, -0.25) is 0 Å². The second-order valence-electron chi connectivity index (χ2n) is 5.63. The standard InChI is InChI=1S/C16H20N2O5/c1-16(2,3)18-15(21)17-11-5-7-12(8-6-11)23-14(20)10-9-13(19)22-4/h5-10H,1-4H3,(H2,17,18,21)/b10-9+. The number of anilines is 1. The van der Waals surface area contributed by atoms with Crippen molar-refractivity contribution >= 4 is 23.7 Å². The Hall–Kier alpha value is -2.83. The molecule has 0 aliphatic rings. The largest absolute Gasteiger partial charge is 0.466 e. The molecule has 1 aromatic carbocycles. The molecule has 0 heterocycles. The first-order valence-electron chi connectivity index (χ1n) is 6.87. The maximum Gasteiger partial charge on any atom is 0.336 e. The van der Waals surface area contributed by atoms with Crippen LogP contribution in [0, 0.1) is 0 Å². The molecule has 0 aromatic heterocycles. The summed E-state index contributed by atoms with van der Waals surface area (Å²) in [5.74, 6) is -1.07. The summed E-state index contributed by atoms with van der Waals surface area (Å²) in [6.45, 7) is 5.62. The molecule has 0 radical (unpaired) electrons. The molecule has 0 aliphatic carbocycles. The Morgan fingerprint density at radius 2 is 1.57 bits per heavy atom. The van der Waals surface area contributed by atoms with Crippen LogP contribution < -0.4 is 15.4 Å². The number of amides is 2. The quantitative estimate of drug-likeness (QED) is 0.504. The second-order valence-corrected chi connectivity index (χ2v) is 5.63. The van der Waals surface area contributed by atoms with E-state index in [2.05, 4.69) is 15.4 Å². The van der Waals surface area contributed by atoms with Crippen molar-refractivity contribution in [2.75, 3.05) is 12.4 Å². The van der Waals surface area contributed by atoms with Crippen molar-refractivity contribution in [3.8, 4) is 5.75 Å². The molecule has 1 aromatic rings. The highest BCUT2D eigenvalue weighted by Gasteiger charge is 2.13. The molecule has 0 spiro atoms. The number of urea groups is 1. The van der Waals surface area contributed by atoms with Gasteiger partial charge in [0.25, 0.3) is 0 Å². The predicted molar refractivity (Wildman–Crippen MR) is 85.1 cm³/mol. The van der Waals surface area contributed by atoms with Crippen LogP contribution in [0.25, 0.3) is 0 Å². The third-order valence-corrected chi connectivity index (χ3v) is 2.38. The minimum absolute atomic E-state index is 0.284. The molecule has 1 rings (SSSR count). The Labute approximate surface area is 134 Å². The van der Waals surface area contributed by atoms with E-state index in [0.29, 0.717) is 5.69 Å². The summed E-state index contributed by atoms with van der Waals surface area (Å²) in [5.41, 5.74) is 0.211. The molecule has 0 saturated heterocycles. The molecule has 2 amide bonds. The van der Waals surface area contributed by atoms with E-state index in [1.807, 2.05) is 20.8 Å². The fourth-order valence-corrected chi connectivity index (χ4v) is 1.46. The van der Waals surface area contributed by atoms with E-state index in [0.717, 1.165) is 12.2 Å². The number of rotatable bonds is 4. The normalized spacial score (nSPS) is 11.0. The van der Waals surface area contributed by atoms with Gasteiger partial charge in [0, 0.05) is 23.4 Å². The Bertz CT molecular complexity index is 600. The SMILES string of the molecule is COC(=O)/C=C/C(=O)Oc1ccc(NC(=O)NC(C)(C)C)cc1. The molecule has 124 valence electrons. The average Bonchev–Trinajstić information content (AvgIpc) is 2.44. The molecule has 0 saturated carbocycles. The van der Waals surface area contributed by atoms with Crippen LogP contribution in [0.5, 0.6) is 5.75 Å². The lowest BCUT2D eigenvalue weighted by Crippen LogP contribution is -2.43. The summed E-state index contributed by atoms with van der Waals surface area (Å²) in [6, 6.07) is 5.90. The Morgan fingerprint density at radius 3 is 2.09 bits per heavy atom. The number of methoxy groups -OCH3 is 1. The highest BCUT2D eigenvalue weighted by Crippen LogP contribution is 2.16. The highest BCUT2D eigenvalue weighted by atomic mass is 16.5. The Kier molecular flexibility index (Phi) is 6.32. The molecule has 0 atom stereocenters. The van der Waals surface area contributed by atoms with Gasteiger partial charge in [0.05, 0.1) is 7.11 Å². The fraction of sp³-hybridized carbons (Fsp3) is 0.312. The van der Waals surface area contributed by atoms with Crippen LogP contribution in [0.15, 0.2) is 36.4 Å². The summed E-state index contributed by atoms with van der Waals surface area (Å²) in [4.78, 5) is 34.0. The van der Waals surface area contributed by atoms with Gasteiger partial charge in [-0.1, -0.05) is 0 Å². The predicted octanol–water partition coefficient (Wildman–Crippen LogP) is 2.24. The maximum absolute atomic E-state index is 11.7. The van der Waals surface area contributed by atoms with Crippen LogP contribution in [-0.2, 0) is 14.3 Å². The third kappa shape index (κ3) is 7.66. The number of nitrogens with one attached hydrogen (secondary N) is 2. The molecule has 2 N–H and O–H groups in total. The van der Waals surface area contributed by atoms with Gasteiger partial charge < -0.3 is 20.1 Å². The molecule has 0 aliphatic heterocycles. The van der Waals surface area contributed by atoms with E-state index in [9.17, 15) is 14.4 Å². The molecular weight excluding hydrogens is 300 g/mol. The number of carbonyl (C=O) groups excluding carboxylic acids is 3.